The van der Waals surface area contributed by atoms with Crippen LogP contribution < -0.4 is 5.32 Å². The van der Waals surface area contributed by atoms with Gasteiger partial charge in [0.2, 0.25) is 12.3 Å². The smallest absolute Gasteiger partial charge is 0.279 e. The first kappa shape index (κ1) is 14.8. The van der Waals surface area contributed by atoms with Gasteiger partial charge in [-0.1, -0.05) is 6.07 Å². The van der Waals surface area contributed by atoms with Crippen LogP contribution in [0.15, 0.2) is 35.1 Å². The molecule has 2 aromatic heterocycles. The van der Waals surface area contributed by atoms with E-state index < -0.39 is 18.0 Å². The first-order valence-electron chi connectivity index (χ1n) is 6.56. The predicted octanol–water partition coefficient (Wildman–Crippen LogP) is 2.96. The number of halogens is 2. The van der Waals surface area contributed by atoms with Crippen LogP contribution in [0.5, 0.6) is 0 Å². The molecule has 0 radical (unpaired) electrons. The quantitative estimate of drug-likeness (QED) is 0.770. The molecule has 1 amide bonds. The van der Waals surface area contributed by atoms with Gasteiger partial charge in [0.15, 0.2) is 5.69 Å². The topological polar surface area (TPSA) is 96.7 Å². The zero-order valence-corrected chi connectivity index (χ0v) is 11.9. The summed E-state index contributed by atoms with van der Waals surface area (Å²) in [7, 11) is 0. The summed E-state index contributed by atoms with van der Waals surface area (Å²) in [4.78, 5) is 12.1. The molecule has 0 unspecified atom stereocenters. The lowest BCUT2D eigenvalue weighted by Crippen LogP contribution is -2.13. The van der Waals surface area contributed by atoms with Gasteiger partial charge in [0, 0.05) is 11.3 Å². The molecule has 0 bridgehead atoms. The third-order valence-electron chi connectivity index (χ3n) is 3.16. The Morgan fingerprint density at radius 1 is 1.35 bits per heavy atom. The molecule has 3 rings (SSSR count). The fourth-order valence-corrected chi connectivity index (χ4v) is 1.94. The van der Waals surface area contributed by atoms with Gasteiger partial charge in [0.1, 0.15) is 5.69 Å². The standard InChI is InChI=1S/C14H11F2N5O2/c1-7-2-3-8(14-21-17-6-23-14)4-9(7)18-13(22)11-5-10(12(15)16)19-20-11/h2-6,12H,1H3,(H,18,22)(H,19,20). The van der Waals surface area contributed by atoms with Gasteiger partial charge >= 0.3 is 0 Å². The number of nitrogens with zero attached hydrogens (tertiary/aromatic N) is 3. The first-order chi connectivity index (χ1) is 11.0. The fourth-order valence-electron chi connectivity index (χ4n) is 1.94. The summed E-state index contributed by atoms with van der Waals surface area (Å²) < 4.78 is 30.1. The molecular weight excluding hydrogens is 308 g/mol. The number of aryl methyl sites for hydroxylation is 1. The van der Waals surface area contributed by atoms with E-state index in [4.69, 9.17) is 4.42 Å². The molecule has 2 N–H and O–H groups in total. The Bertz CT molecular complexity index is 830. The predicted molar refractivity (Wildman–Crippen MR) is 76.0 cm³/mol. The molecule has 0 atom stereocenters. The van der Waals surface area contributed by atoms with Gasteiger partial charge in [-0.3, -0.25) is 9.89 Å². The highest BCUT2D eigenvalue weighted by molar-refractivity contribution is 6.03. The number of nitrogens with one attached hydrogen (secondary N) is 2. The van der Waals surface area contributed by atoms with Crippen molar-refractivity contribution in [3.8, 4) is 11.5 Å². The van der Waals surface area contributed by atoms with Crippen LogP contribution in [0, 0.1) is 6.92 Å². The number of carbonyl (C=O) groups is 1. The van der Waals surface area contributed by atoms with Gasteiger partial charge in [-0.05, 0) is 30.7 Å². The van der Waals surface area contributed by atoms with E-state index in [-0.39, 0.29) is 5.69 Å². The molecule has 3 aromatic rings. The average molecular weight is 319 g/mol. The van der Waals surface area contributed by atoms with Crippen LogP contribution in [-0.4, -0.2) is 26.3 Å². The third-order valence-corrected chi connectivity index (χ3v) is 3.16. The van der Waals surface area contributed by atoms with E-state index in [1.807, 2.05) is 0 Å². The number of amides is 1. The van der Waals surface area contributed by atoms with Crippen molar-refractivity contribution in [3.63, 3.8) is 0 Å². The Labute approximate surface area is 128 Å². The number of aromatic amines is 1. The molecule has 23 heavy (non-hydrogen) atoms. The molecule has 0 spiro atoms. The number of alkyl halides is 2. The number of hydrogen-bond donors (Lipinski definition) is 2. The second kappa shape index (κ2) is 5.95. The van der Waals surface area contributed by atoms with E-state index in [0.717, 1.165) is 11.6 Å². The van der Waals surface area contributed by atoms with Crippen LogP contribution in [-0.2, 0) is 0 Å². The molecule has 7 nitrogen and oxygen atoms in total. The van der Waals surface area contributed by atoms with Crippen LogP contribution in [0.2, 0.25) is 0 Å². The second-order valence-corrected chi connectivity index (χ2v) is 4.74. The molecule has 118 valence electrons. The monoisotopic (exact) mass is 319 g/mol. The van der Waals surface area contributed by atoms with Crippen LogP contribution in [0.25, 0.3) is 11.5 Å². The molecule has 0 aliphatic rings. The zero-order valence-electron chi connectivity index (χ0n) is 11.9. The minimum Gasteiger partial charge on any atom is -0.423 e. The maximum Gasteiger partial charge on any atom is 0.279 e. The molecule has 1 aromatic carbocycles. The van der Waals surface area contributed by atoms with Crippen molar-refractivity contribution >= 4 is 11.6 Å². The van der Waals surface area contributed by atoms with Crippen molar-refractivity contribution in [1.29, 1.82) is 0 Å². The van der Waals surface area contributed by atoms with Crippen molar-refractivity contribution in [2.45, 2.75) is 13.3 Å². The summed E-state index contributed by atoms with van der Waals surface area (Å²) in [5.74, 6) is -0.292. The van der Waals surface area contributed by atoms with Crippen molar-refractivity contribution in [2.24, 2.45) is 0 Å². The second-order valence-electron chi connectivity index (χ2n) is 4.74. The highest BCUT2D eigenvalue weighted by Gasteiger charge is 2.17. The van der Waals surface area contributed by atoms with Gasteiger partial charge < -0.3 is 9.73 Å². The Balaban J connectivity index is 1.84. The van der Waals surface area contributed by atoms with Crippen LogP contribution >= 0.6 is 0 Å². The molecule has 0 fully saturated rings. The van der Waals surface area contributed by atoms with Crippen molar-refractivity contribution in [3.05, 3.63) is 47.6 Å². The maximum atomic E-state index is 12.5. The number of aromatic nitrogens is 4. The largest absolute Gasteiger partial charge is 0.423 e. The number of benzene rings is 1. The fraction of sp³-hybridized carbons (Fsp3) is 0.143. The van der Waals surface area contributed by atoms with Gasteiger partial charge in [-0.25, -0.2) is 8.78 Å². The number of carbonyl (C=O) groups excluding carboxylic acids is 1. The lowest BCUT2D eigenvalue weighted by atomic mass is 10.1. The first-order valence-corrected chi connectivity index (χ1v) is 6.56. The summed E-state index contributed by atoms with van der Waals surface area (Å²) in [6.07, 6.45) is -1.52. The highest BCUT2D eigenvalue weighted by atomic mass is 19.3. The highest BCUT2D eigenvalue weighted by Crippen LogP contribution is 2.24. The van der Waals surface area contributed by atoms with E-state index in [9.17, 15) is 13.6 Å². The van der Waals surface area contributed by atoms with Crippen molar-refractivity contribution in [1.82, 2.24) is 20.4 Å². The van der Waals surface area contributed by atoms with E-state index in [1.54, 1.807) is 25.1 Å². The summed E-state index contributed by atoms with van der Waals surface area (Å²) in [6.45, 7) is 1.79. The molecule has 0 saturated carbocycles. The SMILES string of the molecule is Cc1ccc(-c2nnco2)cc1NC(=O)c1cc(C(F)F)[nH]n1. The number of hydrogen-bond acceptors (Lipinski definition) is 5. The van der Waals surface area contributed by atoms with Gasteiger partial charge in [-0.15, -0.1) is 10.2 Å². The summed E-state index contributed by atoms with van der Waals surface area (Å²) in [5.41, 5.74) is 1.37. The van der Waals surface area contributed by atoms with Crippen LogP contribution in [0.1, 0.15) is 28.2 Å². The zero-order chi connectivity index (χ0) is 16.4. The Hall–Kier alpha value is -3.10. The maximum absolute atomic E-state index is 12.5. The number of anilines is 1. The number of rotatable bonds is 4. The van der Waals surface area contributed by atoms with Crippen molar-refractivity contribution < 1.29 is 18.0 Å². The molecule has 0 saturated heterocycles. The van der Waals surface area contributed by atoms with Gasteiger partial charge in [-0.2, -0.15) is 5.10 Å². The molecule has 0 aliphatic heterocycles. The van der Waals surface area contributed by atoms with Crippen molar-refractivity contribution in [2.75, 3.05) is 5.32 Å². The summed E-state index contributed by atoms with van der Waals surface area (Å²) in [6, 6.07) is 6.20. The Morgan fingerprint density at radius 3 is 2.83 bits per heavy atom. The van der Waals surface area contributed by atoms with E-state index in [1.165, 1.54) is 6.39 Å². The minimum absolute atomic E-state index is 0.122. The molecular formula is C14H11F2N5O2. The Kier molecular flexibility index (Phi) is 3.83. The summed E-state index contributed by atoms with van der Waals surface area (Å²) >= 11 is 0. The molecule has 2 heterocycles. The van der Waals surface area contributed by atoms with E-state index >= 15 is 0 Å². The number of H-pyrrole nitrogens is 1. The summed E-state index contributed by atoms with van der Waals surface area (Å²) in [5, 5.41) is 15.7. The normalized spacial score (nSPS) is 11.0. The van der Waals surface area contributed by atoms with Crippen LogP contribution in [0.3, 0.4) is 0 Å². The van der Waals surface area contributed by atoms with Gasteiger partial charge in [0.05, 0.1) is 0 Å². The Morgan fingerprint density at radius 2 is 2.17 bits per heavy atom. The molecule has 0 aliphatic carbocycles. The minimum atomic E-state index is -2.72. The molecule has 9 heteroatoms. The average Bonchev–Trinajstić information content (AvgIpc) is 3.21. The third kappa shape index (κ3) is 3.07. The van der Waals surface area contributed by atoms with E-state index in [0.29, 0.717) is 17.1 Å². The van der Waals surface area contributed by atoms with Crippen LogP contribution in [0.4, 0.5) is 14.5 Å². The van der Waals surface area contributed by atoms with Gasteiger partial charge in [0.25, 0.3) is 12.3 Å². The van der Waals surface area contributed by atoms with E-state index in [2.05, 4.69) is 25.7 Å². The lowest BCUT2D eigenvalue weighted by molar-refractivity contribution is 0.102. The lowest BCUT2D eigenvalue weighted by Gasteiger charge is -2.08.